The Morgan fingerprint density at radius 2 is 2.12 bits per heavy atom. The minimum Gasteiger partial charge on any atom is -0.398 e. The second kappa shape index (κ2) is 4.04. The van der Waals surface area contributed by atoms with Crippen LogP contribution in [-0.2, 0) is 13.0 Å². The highest BCUT2D eigenvalue weighted by atomic mass is 35.5. The number of anilines is 1. The zero-order valence-corrected chi connectivity index (χ0v) is 10.1. The predicted octanol–water partition coefficient (Wildman–Crippen LogP) is 2.52. The Morgan fingerprint density at radius 3 is 2.94 bits per heavy atom. The largest absolute Gasteiger partial charge is 0.398 e. The number of aryl methyl sites for hydroxylation is 1. The number of nitrogens with zero attached hydrogens (tertiary/aromatic N) is 3. The number of nitrogen functional groups attached to an aromatic ring is 1. The number of rotatable bonds is 1. The fourth-order valence-electron chi connectivity index (χ4n) is 2.24. The molecule has 0 unspecified atom stereocenters. The molecule has 4 nitrogen and oxygen atoms in total. The van der Waals surface area contributed by atoms with Crippen LogP contribution in [0.4, 0.5) is 5.69 Å². The summed E-state index contributed by atoms with van der Waals surface area (Å²) in [5.41, 5.74) is 7.54. The third kappa shape index (κ3) is 1.78. The average Bonchev–Trinajstić information content (AvgIpc) is 2.73. The summed E-state index contributed by atoms with van der Waals surface area (Å²) >= 11 is 5.90. The van der Waals surface area contributed by atoms with E-state index >= 15 is 0 Å². The van der Waals surface area contributed by atoms with Crippen LogP contribution in [0.2, 0.25) is 5.02 Å². The number of fused-ring (bicyclic) bond motifs is 1. The molecule has 0 radical (unpaired) electrons. The van der Waals surface area contributed by atoms with Gasteiger partial charge >= 0.3 is 0 Å². The van der Waals surface area contributed by atoms with Gasteiger partial charge < -0.3 is 10.3 Å². The number of aromatic nitrogens is 3. The lowest BCUT2D eigenvalue weighted by Gasteiger charge is -2.15. The van der Waals surface area contributed by atoms with Crippen molar-refractivity contribution >= 4 is 17.3 Å². The Balaban J connectivity index is 2.12. The Bertz CT molecular complexity index is 562. The summed E-state index contributed by atoms with van der Waals surface area (Å²) < 4.78 is 2.16. The molecule has 0 saturated heterocycles. The Hall–Kier alpha value is -1.55. The van der Waals surface area contributed by atoms with E-state index in [1.165, 1.54) is 12.8 Å². The van der Waals surface area contributed by atoms with Gasteiger partial charge in [0.05, 0.1) is 0 Å². The molecule has 0 spiro atoms. The molecule has 0 bridgehead atoms. The molecule has 2 aromatic rings. The van der Waals surface area contributed by atoms with Gasteiger partial charge in [0.2, 0.25) is 0 Å². The van der Waals surface area contributed by atoms with Gasteiger partial charge in [-0.3, -0.25) is 0 Å². The Morgan fingerprint density at radius 1 is 1.24 bits per heavy atom. The first-order valence-corrected chi connectivity index (χ1v) is 6.11. The summed E-state index contributed by atoms with van der Waals surface area (Å²) in [6, 6.07) is 5.49. The summed E-state index contributed by atoms with van der Waals surface area (Å²) in [5, 5.41) is 9.11. The molecule has 1 aromatic heterocycles. The van der Waals surface area contributed by atoms with E-state index < -0.39 is 0 Å². The minimum atomic E-state index is 0.643. The monoisotopic (exact) mass is 248 g/mol. The number of hydrogen-bond acceptors (Lipinski definition) is 3. The van der Waals surface area contributed by atoms with Crippen LogP contribution in [0.1, 0.15) is 18.7 Å². The number of halogens is 1. The fourth-order valence-corrected chi connectivity index (χ4v) is 2.43. The molecule has 0 atom stereocenters. The van der Waals surface area contributed by atoms with E-state index in [1.54, 1.807) is 6.07 Å². The van der Waals surface area contributed by atoms with Gasteiger partial charge in [0.1, 0.15) is 5.82 Å². The summed E-state index contributed by atoms with van der Waals surface area (Å²) in [6.45, 7) is 0.972. The second-order valence-corrected chi connectivity index (χ2v) is 4.72. The highest BCUT2D eigenvalue weighted by Crippen LogP contribution is 2.29. The zero-order valence-electron chi connectivity index (χ0n) is 9.36. The lowest BCUT2D eigenvalue weighted by atomic mass is 10.1. The summed E-state index contributed by atoms with van der Waals surface area (Å²) in [6.07, 6.45) is 3.36. The summed E-state index contributed by atoms with van der Waals surface area (Å²) in [4.78, 5) is 0. The van der Waals surface area contributed by atoms with Crippen LogP contribution in [-0.4, -0.2) is 14.8 Å². The summed E-state index contributed by atoms with van der Waals surface area (Å²) in [5.74, 6) is 1.91. The fraction of sp³-hybridized carbons (Fsp3) is 0.333. The van der Waals surface area contributed by atoms with Crippen molar-refractivity contribution in [3.63, 3.8) is 0 Å². The first-order chi connectivity index (χ1) is 8.25. The molecule has 0 saturated carbocycles. The van der Waals surface area contributed by atoms with Gasteiger partial charge in [-0.1, -0.05) is 11.6 Å². The van der Waals surface area contributed by atoms with Gasteiger partial charge in [-0.25, -0.2) is 0 Å². The van der Waals surface area contributed by atoms with Gasteiger partial charge in [0.25, 0.3) is 0 Å². The molecule has 0 amide bonds. The van der Waals surface area contributed by atoms with E-state index in [-0.39, 0.29) is 0 Å². The lowest BCUT2D eigenvalue weighted by Crippen LogP contribution is -2.11. The van der Waals surface area contributed by atoms with E-state index in [4.69, 9.17) is 17.3 Å². The smallest absolute Gasteiger partial charge is 0.166 e. The van der Waals surface area contributed by atoms with Crippen LogP contribution < -0.4 is 5.73 Å². The average molecular weight is 249 g/mol. The zero-order chi connectivity index (χ0) is 11.8. The molecule has 17 heavy (non-hydrogen) atoms. The maximum absolute atomic E-state index is 5.98. The van der Waals surface area contributed by atoms with Gasteiger partial charge in [0.15, 0.2) is 5.82 Å². The molecule has 88 valence electrons. The predicted molar refractivity (Wildman–Crippen MR) is 67.8 cm³/mol. The lowest BCUT2D eigenvalue weighted by molar-refractivity contribution is 0.526. The van der Waals surface area contributed by atoms with Crippen molar-refractivity contribution < 1.29 is 0 Å². The quantitative estimate of drug-likeness (QED) is 0.789. The van der Waals surface area contributed by atoms with Crippen LogP contribution in [0.5, 0.6) is 0 Å². The molecule has 2 heterocycles. The number of benzene rings is 1. The molecule has 5 heteroatoms. The maximum Gasteiger partial charge on any atom is 0.166 e. The van der Waals surface area contributed by atoms with E-state index in [9.17, 15) is 0 Å². The molecule has 1 aliphatic rings. The van der Waals surface area contributed by atoms with Crippen molar-refractivity contribution in [2.45, 2.75) is 25.8 Å². The van der Waals surface area contributed by atoms with Crippen molar-refractivity contribution in [3.8, 4) is 11.4 Å². The Kier molecular flexibility index (Phi) is 2.52. The van der Waals surface area contributed by atoms with Crippen molar-refractivity contribution in [2.24, 2.45) is 0 Å². The van der Waals surface area contributed by atoms with Gasteiger partial charge in [-0.2, -0.15) is 0 Å². The van der Waals surface area contributed by atoms with Gasteiger partial charge in [0, 0.05) is 29.2 Å². The molecule has 2 N–H and O–H groups in total. The van der Waals surface area contributed by atoms with E-state index in [0.717, 1.165) is 30.2 Å². The van der Waals surface area contributed by atoms with E-state index in [1.807, 2.05) is 12.1 Å². The van der Waals surface area contributed by atoms with E-state index in [0.29, 0.717) is 10.7 Å². The molecule has 0 fully saturated rings. The van der Waals surface area contributed by atoms with Crippen LogP contribution in [0.25, 0.3) is 11.4 Å². The normalized spacial score (nSPS) is 14.6. The third-order valence-electron chi connectivity index (χ3n) is 3.11. The second-order valence-electron chi connectivity index (χ2n) is 4.28. The highest BCUT2D eigenvalue weighted by Gasteiger charge is 2.18. The minimum absolute atomic E-state index is 0.643. The SMILES string of the molecule is Nc1cc(Cl)ccc1-c1nnc2n1CCCC2. The van der Waals surface area contributed by atoms with Crippen LogP contribution in [0.15, 0.2) is 18.2 Å². The molecule has 0 aliphatic carbocycles. The standard InChI is InChI=1S/C12H13ClN4/c13-8-4-5-9(10(14)7-8)12-16-15-11-3-1-2-6-17(11)12/h4-5,7H,1-3,6,14H2. The third-order valence-corrected chi connectivity index (χ3v) is 3.35. The highest BCUT2D eigenvalue weighted by molar-refractivity contribution is 6.31. The number of hydrogen-bond donors (Lipinski definition) is 1. The molecular weight excluding hydrogens is 236 g/mol. The van der Waals surface area contributed by atoms with Crippen molar-refractivity contribution in [1.82, 2.24) is 14.8 Å². The van der Waals surface area contributed by atoms with Crippen LogP contribution in [0, 0.1) is 0 Å². The van der Waals surface area contributed by atoms with Crippen LogP contribution >= 0.6 is 11.6 Å². The molecular formula is C12H13ClN4. The van der Waals surface area contributed by atoms with E-state index in [2.05, 4.69) is 14.8 Å². The first-order valence-electron chi connectivity index (χ1n) is 5.73. The van der Waals surface area contributed by atoms with Crippen LogP contribution in [0.3, 0.4) is 0 Å². The van der Waals surface area contributed by atoms with Gasteiger partial charge in [-0.05, 0) is 31.0 Å². The molecule has 3 rings (SSSR count). The van der Waals surface area contributed by atoms with Gasteiger partial charge in [-0.15, -0.1) is 10.2 Å². The number of nitrogens with two attached hydrogens (primary N) is 1. The molecule has 1 aliphatic heterocycles. The van der Waals surface area contributed by atoms with Crippen molar-refractivity contribution in [2.75, 3.05) is 5.73 Å². The topological polar surface area (TPSA) is 56.7 Å². The first kappa shape index (κ1) is 10.6. The van der Waals surface area contributed by atoms with Crippen molar-refractivity contribution in [3.05, 3.63) is 29.0 Å². The maximum atomic E-state index is 5.98. The summed E-state index contributed by atoms with van der Waals surface area (Å²) in [7, 11) is 0. The van der Waals surface area contributed by atoms with Crippen molar-refractivity contribution in [1.29, 1.82) is 0 Å². The Labute approximate surface area is 104 Å². The molecule has 1 aromatic carbocycles.